The number of fused-ring (bicyclic) bond motifs is 1. The highest BCUT2D eigenvalue weighted by atomic mass is 16.5. The highest BCUT2D eigenvalue weighted by Gasteiger charge is 2.49. The third-order valence-electron chi connectivity index (χ3n) is 10.4. The Balaban J connectivity index is 1.31. The molecule has 0 spiro atoms. The Morgan fingerprint density at radius 2 is 1.31 bits per heavy atom. The highest BCUT2D eigenvalue weighted by Crippen LogP contribution is 2.54. The van der Waals surface area contributed by atoms with Crippen LogP contribution in [0.3, 0.4) is 0 Å². The molecule has 49 heavy (non-hydrogen) atoms. The number of rotatable bonds is 10. The van der Waals surface area contributed by atoms with Crippen LogP contribution in [0.4, 0.5) is 17.3 Å². The molecule has 248 valence electrons. The van der Waals surface area contributed by atoms with Gasteiger partial charge in [-0.3, -0.25) is 9.88 Å². The number of aromatic nitrogens is 4. The number of hydrogen-bond acceptors (Lipinski definition) is 6. The molecule has 1 aliphatic heterocycles. The van der Waals surface area contributed by atoms with Crippen molar-refractivity contribution in [1.82, 2.24) is 19.9 Å². The van der Waals surface area contributed by atoms with Crippen molar-refractivity contribution in [2.24, 2.45) is 5.92 Å². The van der Waals surface area contributed by atoms with E-state index in [1.54, 1.807) is 0 Å². The highest BCUT2D eigenvalue weighted by molar-refractivity contribution is 5.77. The van der Waals surface area contributed by atoms with Crippen LogP contribution >= 0.6 is 0 Å². The summed E-state index contributed by atoms with van der Waals surface area (Å²) in [5.41, 5.74) is 7.89. The van der Waals surface area contributed by atoms with Crippen molar-refractivity contribution in [2.45, 2.75) is 77.9 Å². The molecule has 1 atom stereocenters. The van der Waals surface area contributed by atoms with Crippen LogP contribution in [-0.2, 0) is 15.9 Å². The summed E-state index contributed by atoms with van der Waals surface area (Å²) in [4.78, 5) is 22.2. The van der Waals surface area contributed by atoms with Crippen LogP contribution in [0.5, 0.6) is 0 Å². The summed E-state index contributed by atoms with van der Waals surface area (Å²) in [5, 5.41) is 0. The average Bonchev–Trinajstić information content (AvgIpc) is 3.46. The molecule has 2 aliphatic rings. The van der Waals surface area contributed by atoms with Gasteiger partial charge in [-0.25, -0.2) is 4.98 Å². The number of benzene rings is 3. The standard InChI is InChI=1S/C43H45N5O/c1-6-42(7-2)36-26-24-32(28-37(36)43(8-3,9-4)49-42)38-27-25-33(29-44-38)40-45-39(31-22-20-30(5)21-23-31)46-41(47-40)48(34-16-12-10-13-17-34)35-18-14-11-15-19-35/h10-20,22-30H,6-9,21H2,1-5H3. The van der Waals surface area contributed by atoms with Gasteiger partial charge in [-0.05, 0) is 91.6 Å². The Morgan fingerprint density at radius 3 is 1.88 bits per heavy atom. The molecule has 6 heteroatoms. The minimum absolute atomic E-state index is 0.236. The van der Waals surface area contributed by atoms with Gasteiger partial charge in [-0.2, -0.15) is 9.97 Å². The summed E-state index contributed by atoms with van der Waals surface area (Å²) >= 11 is 0. The molecule has 7 rings (SSSR count). The molecule has 0 N–H and O–H groups in total. The average molecular weight is 648 g/mol. The van der Waals surface area contributed by atoms with E-state index in [1.807, 2.05) is 42.6 Å². The van der Waals surface area contributed by atoms with Crippen LogP contribution in [0.15, 0.2) is 115 Å². The number of ether oxygens (including phenoxy) is 1. The molecule has 6 nitrogen and oxygen atoms in total. The van der Waals surface area contributed by atoms with Crippen molar-refractivity contribution >= 4 is 22.9 Å². The molecular weight excluding hydrogens is 603 g/mol. The van der Waals surface area contributed by atoms with Crippen LogP contribution in [0, 0.1) is 5.92 Å². The SMILES string of the molecule is CCC1(CC)OC(CC)(CC)c2cc(-c3ccc(-c4nc(C5=CCC(C)C=C5)nc(N(c5ccccc5)c5ccccc5)n4)cn3)ccc21. The molecule has 0 saturated carbocycles. The second kappa shape index (κ2) is 13.5. The van der Waals surface area contributed by atoms with E-state index in [4.69, 9.17) is 24.7 Å². The van der Waals surface area contributed by atoms with Crippen LogP contribution in [-0.4, -0.2) is 19.9 Å². The predicted octanol–water partition coefficient (Wildman–Crippen LogP) is 11.1. The largest absolute Gasteiger partial charge is 0.359 e. The van der Waals surface area contributed by atoms with E-state index in [0.29, 0.717) is 23.5 Å². The van der Waals surface area contributed by atoms with Crippen LogP contribution in [0.25, 0.3) is 28.2 Å². The maximum atomic E-state index is 6.98. The summed E-state index contributed by atoms with van der Waals surface area (Å²) in [6.07, 6.45) is 13.2. The van der Waals surface area contributed by atoms with E-state index in [1.165, 1.54) is 11.1 Å². The van der Waals surface area contributed by atoms with E-state index in [2.05, 4.69) is 112 Å². The normalized spacial score (nSPS) is 17.4. The first-order valence-electron chi connectivity index (χ1n) is 17.8. The zero-order valence-electron chi connectivity index (χ0n) is 29.2. The first-order valence-corrected chi connectivity index (χ1v) is 17.8. The fraction of sp³-hybridized carbons (Fsp3) is 0.302. The van der Waals surface area contributed by atoms with Crippen LogP contribution in [0.1, 0.15) is 83.7 Å². The van der Waals surface area contributed by atoms with Crippen LogP contribution < -0.4 is 4.90 Å². The van der Waals surface area contributed by atoms with Crippen molar-refractivity contribution in [3.63, 3.8) is 0 Å². The van der Waals surface area contributed by atoms with Gasteiger partial charge in [-0.15, -0.1) is 0 Å². The second-order valence-electron chi connectivity index (χ2n) is 13.2. The van der Waals surface area contributed by atoms with Gasteiger partial charge in [-0.1, -0.05) is 101 Å². The minimum atomic E-state index is -0.279. The van der Waals surface area contributed by atoms with E-state index in [0.717, 1.165) is 65.9 Å². The Morgan fingerprint density at radius 1 is 0.694 bits per heavy atom. The molecule has 0 bridgehead atoms. The molecule has 0 radical (unpaired) electrons. The van der Waals surface area contributed by atoms with Gasteiger partial charge in [0.25, 0.3) is 0 Å². The van der Waals surface area contributed by atoms with Gasteiger partial charge in [0.15, 0.2) is 11.6 Å². The van der Waals surface area contributed by atoms with Gasteiger partial charge in [0, 0.05) is 34.3 Å². The first kappa shape index (κ1) is 32.6. The third kappa shape index (κ3) is 5.99. The lowest BCUT2D eigenvalue weighted by Crippen LogP contribution is -2.31. The molecule has 0 amide bonds. The second-order valence-corrected chi connectivity index (χ2v) is 13.2. The smallest absolute Gasteiger partial charge is 0.238 e. The molecule has 1 unspecified atom stereocenters. The zero-order chi connectivity index (χ0) is 34.0. The maximum Gasteiger partial charge on any atom is 0.238 e. The lowest BCUT2D eigenvalue weighted by atomic mass is 9.81. The molecule has 0 fully saturated rings. The Kier molecular flexibility index (Phi) is 9.00. The summed E-state index contributed by atoms with van der Waals surface area (Å²) in [6, 6.07) is 31.4. The maximum absolute atomic E-state index is 6.98. The van der Waals surface area contributed by atoms with Gasteiger partial charge in [0.1, 0.15) is 0 Å². The fourth-order valence-electron chi connectivity index (χ4n) is 7.36. The third-order valence-corrected chi connectivity index (χ3v) is 10.4. The molecule has 1 aliphatic carbocycles. The molecule has 2 aromatic heterocycles. The van der Waals surface area contributed by atoms with Crippen LogP contribution in [0.2, 0.25) is 0 Å². The zero-order valence-corrected chi connectivity index (χ0v) is 29.2. The summed E-state index contributed by atoms with van der Waals surface area (Å²) in [5.74, 6) is 2.27. The van der Waals surface area contributed by atoms with Gasteiger partial charge in [0.2, 0.25) is 5.95 Å². The first-order chi connectivity index (χ1) is 23.9. The van der Waals surface area contributed by atoms with E-state index < -0.39 is 0 Å². The Bertz CT molecular complexity index is 1940. The van der Waals surface area contributed by atoms with Gasteiger partial charge in [0.05, 0.1) is 16.9 Å². The lowest BCUT2D eigenvalue weighted by Gasteiger charge is -2.34. The number of pyridine rings is 1. The molecular formula is C43H45N5O. The van der Waals surface area contributed by atoms with Crippen molar-refractivity contribution in [3.05, 3.63) is 132 Å². The number of hydrogen-bond donors (Lipinski definition) is 0. The van der Waals surface area contributed by atoms with Crippen molar-refractivity contribution in [3.8, 4) is 22.6 Å². The quantitative estimate of drug-likeness (QED) is 0.150. The minimum Gasteiger partial charge on any atom is -0.359 e. The summed E-state index contributed by atoms with van der Waals surface area (Å²) < 4.78 is 6.98. The number of anilines is 3. The van der Waals surface area contributed by atoms with E-state index in [9.17, 15) is 0 Å². The number of para-hydroxylation sites is 2. The number of nitrogens with zero attached hydrogens (tertiary/aromatic N) is 5. The molecule has 5 aromatic rings. The topological polar surface area (TPSA) is 64.0 Å². The van der Waals surface area contributed by atoms with E-state index in [-0.39, 0.29) is 11.2 Å². The predicted molar refractivity (Wildman–Crippen MR) is 200 cm³/mol. The summed E-state index contributed by atoms with van der Waals surface area (Å²) in [7, 11) is 0. The van der Waals surface area contributed by atoms with Crippen molar-refractivity contribution in [1.29, 1.82) is 0 Å². The molecule has 0 saturated heterocycles. The molecule has 3 aromatic carbocycles. The number of allylic oxidation sites excluding steroid dienone is 4. The van der Waals surface area contributed by atoms with Crippen molar-refractivity contribution < 1.29 is 4.74 Å². The van der Waals surface area contributed by atoms with Gasteiger partial charge < -0.3 is 4.74 Å². The monoisotopic (exact) mass is 647 g/mol. The lowest BCUT2D eigenvalue weighted by molar-refractivity contribution is -0.151. The molecule has 3 heterocycles. The van der Waals surface area contributed by atoms with Gasteiger partial charge >= 0.3 is 0 Å². The van der Waals surface area contributed by atoms with Crippen molar-refractivity contribution in [2.75, 3.05) is 4.90 Å². The Hall–Kier alpha value is -4.94. The Labute approximate surface area is 290 Å². The fourth-order valence-corrected chi connectivity index (χ4v) is 7.36. The van der Waals surface area contributed by atoms with E-state index >= 15 is 0 Å². The summed E-state index contributed by atoms with van der Waals surface area (Å²) in [6.45, 7) is 11.2.